The molecule has 0 amide bonds. The Hall–Kier alpha value is -1.22. The van der Waals surface area contributed by atoms with E-state index in [9.17, 15) is 0 Å². The van der Waals surface area contributed by atoms with Crippen LogP contribution in [0.25, 0.3) is 0 Å². The molecule has 0 unspecified atom stereocenters. The van der Waals surface area contributed by atoms with Gasteiger partial charge in [-0.25, -0.2) is 0 Å². The van der Waals surface area contributed by atoms with Gasteiger partial charge in [0.25, 0.3) is 0 Å². The van der Waals surface area contributed by atoms with Crippen LogP contribution in [0.15, 0.2) is 24.3 Å². The Labute approximate surface area is 130 Å². The maximum absolute atomic E-state index is 5.33. The first-order valence-electron chi connectivity index (χ1n) is 8.16. The largest absolute Gasteiger partial charge is 0.497 e. The number of nitrogens with one attached hydrogen (secondary N) is 1. The maximum Gasteiger partial charge on any atom is 0.120 e. The van der Waals surface area contributed by atoms with Crippen molar-refractivity contribution in [2.75, 3.05) is 38.7 Å². The normalized spacial score (nSPS) is 11.5. The molecule has 120 valence electrons. The van der Waals surface area contributed by atoms with Crippen LogP contribution < -0.4 is 15.0 Å². The first-order chi connectivity index (χ1) is 10.1. The van der Waals surface area contributed by atoms with E-state index in [1.807, 2.05) is 6.07 Å². The summed E-state index contributed by atoms with van der Waals surface area (Å²) in [6.07, 6.45) is 3.57. The molecule has 0 aliphatic rings. The molecule has 0 fully saturated rings. The van der Waals surface area contributed by atoms with E-state index in [1.54, 1.807) is 7.11 Å². The number of rotatable bonds is 10. The number of methoxy groups -OCH3 is 1. The average Bonchev–Trinajstić information content (AvgIpc) is 2.54. The summed E-state index contributed by atoms with van der Waals surface area (Å²) >= 11 is 0. The lowest BCUT2D eigenvalue weighted by Crippen LogP contribution is -2.42. The molecule has 3 heteroatoms. The number of hydrogen-bond donors (Lipinski definition) is 1. The predicted octanol–water partition coefficient (Wildman–Crippen LogP) is 3.94. The van der Waals surface area contributed by atoms with Gasteiger partial charge >= 0.3 is 0 Å². The Bertz CT molecular complexity index is 402. The molecular formula is C18H32N2O. The van der Waals surface area contributed by atoms with Gasteiger partial charge in [0.15, 0.2) is 0 Å². The highest BCUT2D eigenvalue weighted by atomic mass is 16.5. The Morgan fingerprint density at radius 2 is 1.90 bits per heavy atom. The molecule has 0 heterocycles. The van der Waals surface area contributed by atoms with E-state index in [-0.39, 0.29) is 0 Å². The third kappa shape index (κ3) is 5.24. The van der Waals surface area contributed by atoms with E-state index < -0.39 is 0 Å². The summed E-state index contributed by atoms with van der Waals surface area (Å²) in [5.41, 5.74) is 1.55. The van der Waals surface area contributed by atoms with Gasteiger partial charge in [0.05, 0.1) is 7.11 Å². The summed E-state index contributed by atoms with van der Waals surface area (Å²) in [6, 6.07) is 8.31. The standard InChI is InChI=1S/C18H32N2O/c1-6-12-19-14-18(7-2,8-3)15-20(4)16-10-9-11-17(13-16)21-5/h9-11,13,19H,6-8,12,14-15H2,1-5H3. The zero-order chi connectivity index (χ0) is 15.7. The maximum atomic E-state index is 5.33. The minimum absolute atomic E-state index is 0.326. The second kappa shape index (κ2) is 8.93. The summed E-state index contributed by atoms with van der Waals surface area (Å²) in [7, 11) is 3.89. The van der Waals surface area contributed by atoms with Crippen LogP contribution in [0.1, 0.15) is 40.0 Å². The van der Waals surface area contributed by atoms with Gasteiger partial charge in [-0.05, 0) is 43.4 Å². The molecule has 0 aromatic heterocycles. The number of nitrogens with zero attached hydrogens (tertiary/aromatic N) is 1. The first kappa shape index (κ1) is 17.8. The molecule has 0 bridgehead atoms. The van der Waals surface area contributed by atoms with Crippen LogP contribution in [0, 0.1) is 5.41 Å². The lowest BCUT2D eigenvalue weighted by atomic mass is 9.81. The fourth-order valence-corrected chi connectivity index (χ4v) is 2.75. The highest BCUT2D eigenvalue weighted by molar-refractivity contribution is 5.50. The zero-order valence-electron chi connectivity index (χ0n) is 14.4. The summed E-state index contributed by atoms with van der Waals surface area (Å²) in [4.78, 5) is 2.35. The monoisotopic (exact) mass is 292 g/mol. The Kier molecular flexibility index (Phi) is 7.58. The van der Waals surface area contributed by atoms with E-state index in [4.69, 9.17) is 4.74 Å². The molecule has 1 rings (SSSR count). The van der Waals surface area contributed by atoms with Crippen molar-refractivity contribution in [2.24, 2.45) is 5.41 Å². The van der Waals surface area contributed by atoms with Crippen LogP contribution in [0.5, 0.6) is 5.75 Å². The van der Waals surface area contributed by atoms with E-state index in [1.165, 1.54) is 24.9 Å². The molecule has 21 heavy (non-hydrogen) atoms. The topological polar surface area (TPSA) is 24.5 Å². The van der Waals surface area contributed by atoms with Crippen LogP contribution in [0.2, 0.25) is 0 Å². The molecule has 0 spiro atoms. The highest BCUT2D eigenvalue weighted by Crippen LogP contribution is 2.29. The van der Waals surface area contributed by atoms with Gasteiger partial charge in [-0.1, -0.05) is 26.8 Å². The van der Waals surface area contributed by atoms with Gasteiger partial charge in [-0.15, -0.1) is 0 Å². The summed E-state index contributed by atoms with van der Waals surface area (Å²) in [5, 5.41) is 3.61. The Morgan fingerprint density at radius 3 is 2.48 bits per heavy atom. The van der Waals surface area contributed by atoms with Gasteiger partial charge < -0.3 is 15.0 Å². The quantitative estimate of drug-likeness (QED) is 0.661. The van der Waals surface area contributed by atoms with Crippen molar-refractivity contribution in [3.63, 3.8) is 0 Å². The fraction of sp³-hybridized carbons (Fsp3) is 0.667. The van der Waals surface area contributed by atoms with Gasteiger partial charge in [-0.2, -0.15) is 0 Å². The second-order valence-corrected chi connectivity index (χ2v) is 5.94. The first-order valence-corrected chi connectivity index (χ1v) is 8.16. The van der Waals surface area contributed by atoms with E-state index >= 15 is 0 Å². The predicted molar refractivity (Wildman–Crippen MR) is 92.4 cm³/mol. The molecule has 0 aliphatic heterocycles. The van der Waals surface area contributed by atoms with Gasteiger partial charge in [0.2, 0.25) is 0 Å². The summed E-state index contributed by atoms with van der Waals surface area (Å²) in [6.45, 7) is 10.1. The zero-order valence-corrected chi connectivity index (χ0v) is 14.4. The summed E-state index contributed by atoms with van der Waals surface area (Å²) < 4.78 is 5.33. The van der Waals surface area contributed by atoms with Crippen LogP contribution in [0.4, 0.5) is 5.69 Å². The number of ether oxygens (including phenoxy) is 1. The van der Waals surface area contributed by atoms with Crippen molar-refractivity contribution < 1.29 is 4.74 Å². The SMILES string of the molecule is CCCNCC(CC)(CC)CN(C)c1cccc(OC)c1. The smallest absolute Gasteiger partial charge is 0.120 e. The van der Waals surface area contributed by atoms with Gasteiger partial charge in [0, 0.05) is 31.9 Å². The van der Waals surface area contributed by atoms with Crippen molar-refractivity contribution in [3.8, 4) is 5.75 Å². The van der Waals surface area contributed by atoms with Gasteiger partial charge in [-0.3, -0.25) is 0 Å². The minimum Gasteiger partial charge on any atom is -0.497 e. The van der Waals surface area contributed by atoms with Crippen molar-refractivity contribution in [1.82, 2.24) is 5.32 Å². The third-order valence-corrected chi connectivity index (χ3v) is 4.49. The molecule has 0 saturated heterocycles. The van der Waals surface area contributed by atoms with E-state index in [0.717, 1.165) is 25.4 Å². The fourth-order valence-electron chi connectivity index (χ4n) is 2.75. The van der Waals surface area contributed by atoms with Crippen molar-refractivity contribution in [3.05, 3.63) is 24.3 Å². The molecule has 0 atom stereocenters. The summed E-state index contributed by atoms with van der Waals surface area (Å²) in [5.74, 6) is 0.919. The Morgan fingerprint density at radius 1 is 1.19 bits per heavy atom. The van der Waals surface area contributed by atoms with Crippen LogP contribution >= 0.6 is 0 Å². The Balaban J connectivity index is 2.76. The second-order valence-electron chi connectivity index (χ2n) is 5.94. The highest BCUT2D eigenvalue weighted by Gasteiger charge is 2.27. The van der Waals surface area contributed by atoms with Crippen LogP contribution in [0.3, 0.4) is 0 Å². The molecule has 0 radical (unpaired) electrons. The number of hydrogen-bond acceptors (Lipinski definition) is 3. The molecule has 1 aromatic carbocycles. The third-order valence-electron chi connectivity index (χ3n) is 4.49. The van der Waals surface area contributed by atoms with E-state index in [0.29, 0.717) is 5.41 Å². The van der Waals surface area contributed by atoms with Crippen LogP contribution in [-0.2, 0) is 0 Å². The van der Waals surface area contributed by atoms with E-state index in [2.05, 4.69) is 56.2 Å². The van der Waals surface area contributed by atoms with Crippen molar-refractivity contribution >= 4 is 5.69 Å². The minimum atomic E-state index is 0.326. The van der Waals surface area contributed by atoms with Gasteiger partial charge in [0.1, 0.15) is 5.75 Å². The number of anilines is 1. The molecule has 0 aliphatic carbocycles. The average molecular weight is 292 g/mol. The molecule has 3 nitrogen and oxygen atoms in total. The lowest BCUT2D eigenvalue weighted by Gasteiger charge is -2.37. The molecular weight excluding hydrogens is 260 g/mol. The van der Waals surface area contributed by atoms with Crippen molar-refractivity contribution in [2.45, 2.75) is 40.0 Å². The van der Waals surface area contributed by atoms with Crippen LogP contribution in [-0.4, -0.2) is 33.8 Å². The van der Waals surface area contributed by atoms with Crippen molar-refractivity contribution in [1.29, 1.82) is 0 Å². The lowest BCUT2D eigenvalue weighted by molar-refractivity contribution is 0.256. The molecule has 1 aromatic rings. The molecule has 0 saturated carbocycles. The number of benzene rings is 1. The molecule has 1 N–H and O–H groups in total.